The number of rotatable bonds is 10. The summed E-state index contributed by atoms with van der Waals surface area (Å²) in [5.41, 5.74) is -0.267. The van der Waals surface area contributed by atoms with Gasteiger partial charge in [0.05, 0.1) is 14.0 Å². The summed E-state index contributed by atoms with van der Waals surface area (Å²) in [4.78, 5) is 12.5. The molecule has 2 rings (SSSR count). The lowest BCUT2D eigenvalue weighted by atomic mass is 9.72. The highest BCUT2D eigenvalue weighted by Gasteiger charge is 2.54. The first-order valence-corrected chi connectivity index (χ1v) is 10.5. The van der Waals surface area contributed by atoms with Gasteiger partial charge in [0.15, 0.2) is 5.79 Å². The second kappa shape index (κ2) is 9.04. The average molecular weight is 348 g/mol. The standard InChI is InChI=1S/C21H37BO3/c1-4-5-12-20(2,3)21(24)13-11-17-16(10-8-6-7-9-14-22)18(23)15-19(17)25-21/h16-17,19,24H,4-15H2,1-3H3/t16-,17-,19-,21-/m1/s1. The van der Waals surface area contributed by atoms with Crippen molar-refractivity contribution >= 4 is 13.6 Å². The number of carbonyl (C=O) groups is 1. The van der Waals surface area contributed by atoms with E-state index in [0.717, 1.165) is 64.1 Å². The van der Waals surface area contributed by atoms with Crippen LogP contribution in [0.4, 0.5) is 0 Å². The molecule has 0 aromatic carbocycles. The Hall–Kier alpha value is -0.345. The van der Waals surface area contributed by atoms with E-state index in [-0.39, 0.29) is 17.4 Å². The van der Waals surface area contributed by atoms with E-state index in [2.05, 4.69) is 20.8 Å². The molecule has 2 radical (unpaired) electrons. The summed E-state index contributed by atoms with van der Waals surface area (Å²) in [6.07, 6.45) is 11.4. The number of unbranched alkanes of at least 4 members (excludes halogenated alkanes) is 4. The van der Waals surface area contributed by atoms with Crippen molar-refractivity contribution in [3.05, 3.63) is 0 Å². The fourth-order valence-electron chi connectivity index (χ4n) is 4.74. The van der Waals surface area contributed by atoms with Crippen molar-refractivity contribution in [2.45, 2.75) is 110 Å². The molecule has 25 heavy (non-hydrogen) atoms. The van der Waals surface area contributed by atoms with Gasteiger partial charge in [-0.25, -0.2) is 0 Å². The molecular weight excluding hydrogens is 311 g/mol. The van der Waals surface area contributed by atoms with E-state index in [1.807, 2.05) is 0 Å². The summed E-state index contributed by atoms with van der Waals surface area (Å²) < 4.78 is 6.22. The van der Waals surface area contributed by atoms with Gasteiger partial charge in [0.25, 0.3) is 0 Å². The maximum Gasteiger partial charge on any atom is 0.170 e. The van der Waals surface area contributed by atoms with Crippen LogP contribution in [0.15, 0.2) is 0 Å². The number of Topliss-reactive ketones (excluding diaryl/α,β-unsaturated/α-hetero) is 1. The smallest absolute Gasteiger partial charge is 0.170 e. The minimum Gasteiger partial charge on any atom is -0.365 e. The lowest BCUT2D eigenvalue weighted by Gasteiger charge is -2.48. The summed E-state index contributed by atoms with van der Waals surface area (Å²) in [6, 6.07) is 0. The topological polar surface area (TPSA) is 46.5 Å². The largest absolute Gasteiger partial charge is 0.365 e. The molecule has 0 aromatic heterocycles. The summed E-state index contributed by atoms with van der Waals surface area (Å²) in [7, 11) is 5.54. The molecule has 2 fully saturated rings. The molecule has 4 atom stereocenters. The Balaban J connectivity index is 1.91. The lowest BCUT2D eigenvalue weighted by Crippen LogP contribution is -2.53. The molecule has 3 nitrogen and oxygen atoms in total. The van der Waals surface area contributed by atoms with Crippen LogP contribution in [0, 0.1) is 17.3 Å². The average Bonchev–Trinajstić information content (AvgIpc) is 2.87. The predicted molar refractivity (Wildman–Crippen MR) is 103 cm³/mol. The zero-order valence-electron chi connectivity index (χ0n) is 16.6. The third-order valence-corrected chi connectivity index (χ3v) is 6.66. The molecule has 142 valence electrons. The van der Waals surface area contributed by atoms with E-state index in [9.17, 15) is 9.90 Å². The van der Waals surface area contributed by atoms with Gasteiger partial charge in [-0.3, -0.25) is 4.79 Å². The molecule has 0 aromatic rings. The van der Waals surface area contributed by atoms with Gasteiger partial charge in [-0.1, -0.05) is 65.6 Å². The highest BCUT2D eigenvalue weighted by molar-refractivity contribution is 6.08. The minimum atomic E-state index is -1.08. The number of ketones is 1. The van der Waals surface area contributed by atoms with E-state index in [4.69, 9.17) is 12.6 Å². The molecule has 0 amide bonds. The quantitative estimate of drug-likeness (QED) is 0.455. The fraction of sp³-hybridized carbons (Fsp3) is 0.952. The Morgan fingerprint density at radius 1 is 1.24 bits per heavy atom. The zero-order valence-corrected chi connectivity index (χ0v) is 16.6. The highest BCUT2D eigenvalue weighted by atomic mass is 16.6. The van der Waals surface area contributed by atoms with Gasteiger partial charge in [0.2, 0.25) is 0 Å². The molecule has 2 aliphatic rings. The molecule has 0 spiro atoms. The summed E-state index contributed by atoms with van der Waals surface area (Å²) in [5, 5.41) is 11.2. The molecule has 0 unspecified atom stereocenters. The molecule has 4 heteroatoms. The van der Waals surface area contributed by atoms with Crippen LogP contribution in [-0.4, -0.2) is 30.6 Å². The van der Waals surface area contributed by atoms with Crippen LogP contribution in [0.5, 0.6) is 0 Å². The Morgan fingerprint density at radius 2 is 1.96 bits per heavy atom. The maximum atomic E-state index is 12.5. The predicted octanol–water partition coefficient (Wildman–Crippen LogP) is 4.81. The van der Waals surface area contributed by atoms with E-state index >= 15 is 0 Å². The van der Waals surface area contributed by atoms with E-state index in [1.54, 1.807) is 0 Å². The van der Waals surface area contributed by atoms with Crippen molar-refractivity contribution in [2.24, 2.45) is 17.3 Å². The van der Waals surface area contributed by atoms with E-state index in [1.165, 1.54) is 0 Å². The molecular formula is C21H37BO3. The summed E-state index contributed by atoms with van der Waals surface area (Å²) >= 11 is 0. The monoisotopic (exact) mass is 348 g/mol. The number of ether oxygens (including phenoxy) is 1. The fourth-order valence-corrected chi connectivity index (χ4v) is 4.74. The number of hydrogen-bond acceptors (Lipinski definition) is 3. The van der Waals surface area contributed by atoms with Gasteiger partial charge in [0, 0.05) is 24.2 Å². The van der Waals surface area contributed by atoms with Crippen LogP contribution in [0.3, 0.4) is 0 Å². The SMILES string of the molecule is [B]CCCCCC[C@H]1C(=O)C[C@H]2O[C@@](O)(C(C)(C)CCCC)CC[C@@H]21. The van der Waals surface area contributed by atoms with Crippen molar-refractivity contribution in [1.82, 2.24) is 0 Å². The van der Waals surface area contributed by atoms with Crippen molar-refractivity contribution in [1.29, 1.82) is 0 Å². The van der Waals surface area contributed by atoms with Crippen LogP contribution in [0.2, 0.25) is 6.32 Å². The van der Waals surface area contributed by atoms with Gasteiger partial charge >= 0.3 is 0 Å². The third-order valence-electron chi connectivity index (χ3n) is 6.66. The number of fused-ring (bicyclic) bond motifs is 1. The van der Waals surface area contributed by atoms with Crippen molar-refractivity contribution in [3.8, 4) is 0 Å². The number of carbonyl (C=O) groups excluding carboxylic acids is 1. The van der Waals surface area contributed by atoms with Gasteiger partial charge in [-0.2, -0.15) is 0 Å². The molecule has 1 aliphatic carbocycles. The molecule has 1 saturated carbocycles. The highest BCUT2D eigenvalue weighted by Crippen LogP contribution is 2.50. The van der Waals surface area contributed by atoms with Gasteiger partial charge < -0.3 is 9.84 Å². The second-order valence-electron chi connectivity index (χ2n) is 8.90. The zero-order chi connectivity index (χ0) is 18.5. The van der Waals surface area contributed by atoms with Crippen LogP contribution in [-0.2, 0) is 9.53 Å². The summed E-state index contributed by atoms with van der Waals surface area (Å²) in [5.74, 6) is -0.278. The maximum absolute atomic E-state index is 12.5. The Kier molecular flexibility index (Phi) is 7.58. The van der Waals surface area contributed by atoms with E-state index < -0.39 is 5.79 Å². The third kappa shape index (κ3) is 4.88. The van der Waals surface area contributed by atoms with Crippen molar-refractivity contribution < 1.29 is 14.6 Å². The van der Waals surface area contributed by atoms with Crippen LogP contribution in [0.1, 0.15) is 91.4 Å². The minimum absolute atomic E-state index is 0.0822. The van der Waals surface area contributed by atoms with Crippen molar-refractivity contribution in [2.75, 3.05) is 0 Å². The van der Waals surface area contributed by atoms with E-state index in [0.29, 0.717) is 24.5 Å². The lowest BCUT2D eigenvalue weighted by molar-refractivity contribution is -0.316. The van der Waals surface area contributed by atoms with Gasteiger partial charge in [0.1, 0.15) is 5.78 Å². The van der Waals surface area contributed by atoms with Gasteiger partial charge in [-0.15, -0.1) is 0 Å². The first kappa shape index (κ1) is 21.0. The van der Waals surface area contributed by atoms with Crippen LogP contribution in [0.25, 0.3) is 0 Å². The van der Waals surface area contributed by atoms with Crippen LogP contribution < -0.4 is 0 Å². The first-order valence-electron chi connectivity index (χ1n) is 10.5. The molecule has 1 N–H and O–H groups in total. The Labute approximate surface area is 155 Å². The summed E-state index contributed by atoms with van der Waals surface area (Å²) in [6.45, 7) is 6.38. The molecule has 1 aliphatic heterocycles. The van der Waals surface area contributed by atoms with Gasteiger partial charge in [-0.05, 0) is 25.2 Å². The number of hydrogen-bond donors (Lipinski definition) is 1. The first-order chi connectivity index (χ1) is 11.8. The molecule has 1 saturated heterocycles. The Bertz CT molecular complexity index is 437. The van der Waals surface area contributed by atoms with Crippen LogP contribution >= 0.6 is 0 Å². The second-order valence-corrected chi connectivity index (χ2v) is 8.90. The Morgan fingerprint density at radius 3 is 2.64 bits per heavy atom. The molecule has 0 bridgehead atoms. The van der Waals surface area contributed by atoms with Crippen molar-refractivity contribution in [3.63, 3.8) is 0 Å². The molecule has 1 heterocycles. The normalized spacial score (nSPS) is 32.8. The number of aliphatic hydroxyl groups is 1.